The van der Waals surface area contributed by atoms with Crippen LogP contribution in [-0.4, -0.2) is 40.5 Å². The van der Waals surface area contributed by atoms with Crippen LogP contribution in [0.25, 0.3) is 0 Å². The van der Waals surface area contributed by atoms with E-state index in [0.29, 0.717) is 17.6 Å². The summed E-state index contributed by atoms with van der Waals surface area (Å²) in [6.45, 7) is 5.01. The van der Waals surface area contributed by atoms with Crippen LogP contribution in [0.4, 0.5) is 11.5 Å². The highest BCUT2D eigenvalue weighted by atomic mass is 16.6. The van der Waals surface area contributed by atoms with Crippen molar-refractivity contribution in [3.63, 3.8) is 0 Å². The summed E-state index contributed by atoms with van der Waals surface area (Å²) in [7, 11) is 2.13. The highest BCUT2D eigenvalue weighted by Gasteiger charge is 2.23. The Labute approximate surface area is 113 Å². The first kappa shape index (κ1) is 13.7. The number of nitrogens with one attached hydrogen (secondary N) is 1. The van der Waals surface area contributed by atoms with E-state index in [1.54, 1.807) is 13.0 Å². The quantitative estimate of drug-likeness (QED) is 0.669. The zero-order valence-electron chi connectivity index (χ0n) is 11.6. The van der Waals surface area contributed by atoms with Gasteiger partial charge in [-0.25, -0.2) is 4.98 Å². The van der Waals surface area contributed by atoms with Crippen LogP contribution >= 0.6 is 0 Å². The average Bonchev–Trinajstić information content (AvgIpc) is 2.33. The van der Waals surface area contributed by atoms with E-state index < -0.39 is 4.92 Å². The lowest BCUT2D eigenvalue weighted by atomic mass is 9.99. The Kier molecular flexibility index (Phi) is 3.99. The molecule has 0 bridgehead atoms. The summed E-state index contributed by atoms with van der Waals surface area (Å²) in [5, 5.41) is 14.1. The van der Waals surface area contributed by atoms with Crippen LogP contribution in [0.5, 0.6) is 0 Å². The van der Waals surface area contributed by atoms with Crippen LogP contribution in [0, 0.1) is 17.0 Å². The normalized spacial score (nSPS) is 24.2. The van der Waals surface area contributed by atoms with E-state index in [1.165, 1.54) is 6.20 Å². The molecule has 0 amide bonds. The highest BCUT2D eigenvalue weighted by molar-refractivity contribution is 5.47. The lowest BCUT2D eigenvalue weighted by molar-refractivity contribution is -0.385. The fourth-order valence-corrected chi connectivity index (χ4v) is 2.45. The molecule has 2 heterocycles. The van der Waals surface area contributed by atoms with Crippen molar-refractivity contribution in [3.05, 3.63) is 27.9 Å². The molecule has 6 nitrogen and oxygen atoms in total. The van der Waals surface area contributed by atoms with Crippen molar-refractivity contribution in [1.82, 2.24) is 9.88 Å². The molecule has 1 fully saturated rings. The SMILES string of the molecule is Cc1cc(NC2CCN(C)C(C)C2)ncc1[N+](=O)[O-]. The molecule has 1 aromatic rings. The van der Waals surface area contributed by atoms with E-state index in [-0.39, 0.29) is 5.69 Å². The minimum absolute atomic E-state index is 0.0716. The molecule has 1 aliphatic rings. The van der Waals surface area contributed by atoms with Crippen molar-refractivity contribution in [3.8, 4) is 0 Å². The van der Waals surface area contributed by atoms with Crippen molar-refractivity contribution in [1.29, 1.82) is 0 Å². The molecule has 0 radical (unpaired) electrons. The zero-order chi connectivity index (χ0) is 14.0. The Morgan fingerprint density at radius 2 is 2.32 bits per heavy atom. The van der Waals surface area contributed by atoms with E-state index >= 15 is 0 Å². The minimum atomic E-state index is -0.399. The molecule has 0 saturated carbocycles. The molecule has 1 aliphatic heterocycles. The molecule has 0 aromatic carbocycles. The first-order chi connectivity index (χ1) is 8.97. The number of nitrogens with zero attached hydrogens (tertiary/aromatic N) is 3. The molecule has 2 unspecified atom stereocenters. The van der Waals surface area contributed by atoms with Gasteiger partial charge in [-0.1, -0.05) is 0 Å². The van der Waals surface area contributed by atoms with Gasteiger partial charge >= 0.3 is 0 Å². The molecular weight excluding hydrogens is 244 g/mol. The Hall–Kier alpha value is -1.69. The number of rotatable bonds is 3. The van der Waals surface area contributed by atoms with Gasteiger partial charge < -0.3 is 10.2 Å². The lowest BCUT2D eigenvalue weighted by Crippen LogP contribution is -2.42. The van der Waals surface area contributed by atoms with Gasteiger partial charge in [0, 0.05) is 24.2 Å². The standard InChI is InChI=1S/C13H20N4O2/c1-9-6-13(14-8-12(9)17(18)19)15-11-4-5-16(3)10(2)7-11/h6,8,10-11H,4-5,7H2,1-3H3,(H,14,15). The highest BCUT2D eigenvalue weighted by Crippen LogP contribution is 2.22. The van der Waals surface area contributed by atoms with E-state index in [9.17, 15) is 10.1 Å². The third-order valence-electron chi connectivity index (χ3n) is 3.84. The molecule has 19 heavy (non-hydrogen) atoms. The number of likely N-dealkylation sites (tertiary alicyclic amines) is 1. The maximum Gasteiger partial charge on any atom is 0.290 e. The van der Waals surface area contributed by atoms with Gasteiger partial charge in [0.1, 0.15) is 12.0 Å². The largest absolute Gasteiger partial charge is 0.367 e. The number of piperidine rings is 1. The van der Waals surface area contributed by atoms with Gasteiger partial charge in [-0.2, -0.15) is 0 Å². The summed E-state index contributed by atoms with van der Waals surface area (Å²) in [4.78, 5) is 16.8. The summed E-state index contributed by atoms with van der Waals surface area (Å²) in [6.07, 6.45) is 3.46. The van der Waals surface area contributed by atoms with Crippen molar-refractivity contribution < 1.29 is 4.92 Å². The molecule has 6 heteroatoms. The van der Waals surface area contributed by atoms with E-state index in [2.05, 4.69) is 29.2 Å². The molecule has 2 rings (SSSR count). The van der Waals surface area contributed by atoms with Crippen LogP contribution in [0.3, 0.4) is 0 Å². The van der Waals surface area contributed by atoms with Crippen LogP contribution < -0.4 is 5.32 Å². The van der Waals surface area contributed by atoms with Crippen LogP contribution in [0.2, 0.25) is 0 Å². The van der Waals surface area contributed by atoms with Gasteiger partial charge in [0.25, 0.3) is 5.69 Å². The van der Waals surface area contributed by atoms with Gasteiger partial charge in [0.15, 0.2) is 0 Å². The van der Waals surface area contributed by atoms with Gasteiger partial charge in [0.2, 0.25) is 0 Å². The third kappa shape index (κ3) is 3.20. The third-order valence-corrected chi connectivity index (χ3v) is 3.84. The topological polar surface area (TPSA) is 71.3 Å². The first-order valence-electron chi connectivity index (χ1n) is 6.55. The Balaban J connectivity index is 2.04. The number of pyridine rings is 1. The number of hydrogen-bond acceptors (Lipinski definition) is 5. The number of anilines is 1. The molecular formula is C13H20N4O2. The second-order valence-electron chi connectivity index (χ2n) is 5.31. The van der Waals surface area contributed by atoms with E-state index in [0.717, 1.165) is 25.2 Å². The van der Waals surface area contributed by atoms with E-state index in [4.69, 9.17) is 0 Å². The smallest absolute Gasteiger partial charge is 0.290 e. The average molecular weight is 264 g/mol. The number of nitro groups is 1. The van der Waals surface area contributed by atoms with Crippen molar-refractivity contribution in [2.75, 3.05) is 18.9 Å². The summed E-state index contributed by atoms with van der Waals surface area (Å²) in [5.74, 6) is 0.727. The Bertz CT molecular complexity index is 478. The summed E-state index contributed by atoms with van der Waals surface area (Å²) < 4.78 is 0. The molecule has 104 valence electrons. The van der Waals surface area contributed by atoms with Gasteiger partial charge in [0.05, 0.1) is 4.92 Å². The minimum Gasteiger partial charge on any atom is -0.367 e. The fourth-order valence-electron chi connectivity index (χ4n) is 2.45. The van der Waals surface area contributed by atoms with Crippen molar-refractivity contribution >= 4 is 11.5 Å². The zero-order valence-corrected chi connectivity index (χ0v) is 11.6. The molecule has 2 atom stereocenters. The predicted octanol–water partition coefficient (Wildman–Crippen LogP) is 2.19. The number of aromatic nitrogens is 1. The second kappa shape index (κ2) is 5.52. The fraction of sp³-hybridized carbons (Fsp3) is 0.615. The number of aryl methyl sites for hydroxylation is 1. The summed E-state index contributed by atoms with van der Waals surface area (Å²) >= 11 is 0. The number of hydrogen-bond donors (Lipinski definition) is 1. The molecule has 1 saturated heterocycles. The van der Waals surface area contributed by atoms with Crippen molar-refractivity contribution in [2.45, 2.75) is 38.8 Å². The molecule has 1 aromatic heterocycles. The molecule has 0 spiro atoms. The Morgan fingerprint density at radius 1 is 1.58 bits per heavy atom. The lowest BCUT2D eigenvalue weighted by Gasteiger charge is -2.35. The van der Waals surface area contributed by atoms with Gasteiger partial charge in [-0.15, -0.1) is 0 Å². The van der Waals surface area contributed by atoms with Crippen molar-refractivity contribution in [2.24, 2.45) is 0 Å². The summed E-state index contributed by atoms with van der Waals surface area (Å²) in [5.41, 5.74) is 0.714. The summed E-state index contributed by atoms with van der Waals surface area (Å²) in [6, 6.07) is 2.69. The maximum absolute atomic E-state index is 10.7. The first-order valence-corrected chi connectivity index (χ1v) is 6.55. The maximum atomic E-state index is 10.7. The monoisotopic (exact) mass is 264 g/mol. The van der Waals surface area contributed by atoms with Gasteiger partial charge in [-0.3, -0.25) is 10.1 Å². The van der Waals surface area contributed by atoms with Crippen LogP contribution in [-0.2, 0) is 0 Å². The second-order valence-corrected chi connectivity index (χ2v) is 5.31. The van der Waals surface area contributed by atoms with Crippen LogP contribution in [0.15, 0.2) is 12.3 Å². The van der Waals surface area contributed by atoms with E-state index in [1.807, 2.05) is 0 Å². The molecule has 0 aliphatic carbocycles. The Morgan fingerprint density at radius 3 is 2.89 bits per heavy atom. The predicted molar refractivity (Wildman–Crippen MR) is 74.4 cm³/mol. The molecule has 1 N–H and O–H groups in total. The van der Waals surface area contributed by atoms with Gasteiger partial charge in [-0.05, 0) is 39.8 Å². The van der Waals surface area contributed by atoms with Crippen LogP contribution in [0.1, 0.15) is 25.3 Å².